The second kappa shape index (κ2) is 8.20. The Bertz CT molecular complexity index is 1000. The minimum Gasteiger partial charge on any atom is -0.393 e. The molecule has 1 fully saturated rings. The first-order chi connectivity index (χ1) is 14.4. The largest absolute Gasteiger partial charge is 0.416 e. The van der Waals surface area contributed by atoms with Crippen molar-refractivity contribution in [1.29, 1.82) is 0 Å². The van der Waals surface area contributed by atoms with Gasteiger partial charge in [0.1, 0.15) is 5.82 Å². The van der Waals surface area contributed by atoms with Crippen LogP contribution in [0, 0.1) is 12.1 Å². The molecule has 1 aliphatic rings. The number of benzene rings is 1. The van der Waals surface area contributed by atoms with E-state index in [0.29, 0.717) is 37.4 Å². The molecule has 0 unspecified atom stereocenters. The molecule has 4 rings (SSSR count). The predicted octanol–water partition coefficient (Wildman–Crippen LogP) is 4.47. The first kappa shape index (κ1) is 20.0. The molecule has 3 aromatic rings. The van der Waals surface area contributed by atoms with Crippen LogP contribution in [0.15, 0.2) is 48.5 Å². The molecule has 30 heavy (non-hydrogen) atoms. The SMILES string of the molecule is OC1CCN(c2cc(-c3cc#ccc3)nc(Nc3cccc(C(F)(F)F)c3)n2)CC1. The van der Waals surface area contributed by atoms with Gasteiger partial charge < -0.3 is 15.3 Å². The van der Waals surface area contributed by atoms with E-state index in [0.717, 1.165) is 17.7 Å². The van der Waals surface area contributed by atoms with E-state index in [4.69, 9.17) is 0 Å². The third-order valence-corrected chi connectivity index (χ3v) is 4.90. The van der Waals surface area contributed by atoms with Gasteiger partial charge >= 0.3 is 6.18 Å². The van der Waals surface area contributed by atoms with Gasteiger partial charge in [-0.05, 0) is 49.2 Å². The number of halogens is 3. The number of aromatic nitrogens is 2. The van der Waals surface area contributed by atoms with E-state index in [9.17, 15) is 18.3 Å². The molecule has 8 heteroatoms. The summed E-state index contributed by atoms with van der Waals surface area (Å²) in [5.41, 5.74) is 0.907. The summed E-state index contributed by atoms with van der Waals surface area (Å²) in [6, 6.07) is 17.7. The lowest BCUT2D eigenvalue weighted by Gasteiger charge is -2.30. The molecule has 1 aromatic heterocycles. The lowest BCUT2D eigenvalue weighted by molar-refractivity contribution is -0.137. The molecule has 2 aromatic carbocycles. The lowest BCUT2D eigenvalue weighted by atomic mass is 10.1. The first-order valence-corrected chi connectivity index (χ1v) is 9.53. The van der Waals surface area contributed by atoms with Crippen LogP contribution in [-0.4, -0.2) is 34.3 Å². The zero-order valence-corrected chi connectivity index (χ0v) is 15.9. The fourth-order valence-corrected chi connectivity index (χ4v) is 3.30. The van der Waals surface area contributed by atoms with Crippen molar-refractivity contribution in [2.45, 2.75) is 25.1 Å². The Hall–Kier alpha value is -3.31. The molecule has 0 atom stereocenters. The average Bonchev–Trinajstić information content (AvgIpc) is 2.74. The van der Waals surface area contributed by atoms with Gasteiger partial charge in [0.2, 0.25) is 5.95 Å². The van der Waals surface area contributed by atoms with Crippen LogP contribution in [-0.2, 0) is 6.18 Å². The molecule has 0 saturated carbocycles. The maximum Gasteiger partial charge on any atom is 0.416 e. The summed E-state index contributed by atoms with van der Waals surface area (Å²) < 4.78 is 39.1. The monoisotopic (exact) mass is 412 g/mol. The number of nitrogens with one attached hydrogen (secondary N) is 1. The van der Waals surface area contributed by atoms with Gasteiger partial charge in [0.05, 0.1) is 17.4 Å². The van der Waals surface area contributed by atoms with E-state index in [-0.39, 0.29) is 17.7 Å². The van der Waals surface area contributed by atoms with E-state index in [1.165, 1.54) is 12.1 Å². The van der Waals surface area contributed by atoms with E-state index in [2.05, 4.69) is 27.4 Å². The normalized spacial score (nSPS) is 15.0. The Morgan fingerprint density at radius 1 is 1.07 bits per heavy atom. The number of aliphatic hydroxyl groups is 1. The second-order valence-corrected chi connectivity index (χ2v) is 7.08. The number of piperidine rings is 1. The summed E-state index contributed by atoms with van der Waals surface area (Å²) in [5.74, 6) is 0.843. The van der Waals surface area contributed by atoms with Crippen LogP contribution in [0.25, 0.3) is 11.3 Å². The predicted molar refractivity (Wildman–Crippen MR) is 107 cm³/mol. The van der Waals surface area contributed by atoms with Crippen molar-refractivity contribution in [1.82, 2.24) is 9.97 Å². The average molecular weight is 412 g/mol. The van der Waals surface area contributed by atoms with E-state index in [1.807, 2.05) is 17.0 Å². The molecule has 0 spiro atoms. The first-order valence-electron chi connectivity index (χ1n) is 9.53. The van der Waals surface area contributed by atoms with E-state index in [1.54, 1.807) is 12.1 Å². The molecule has 154 valence electrons. The standard InChI is InChI=1S/C22H19F3N4O/c23-22(24,25)16-7-4-8-17(13-16)26-21-27-19(15-5-2-1-3-6-15)14-20(28-21)29-11-9-18(30)10-12-29/h2,4-8,13-14,18,30H,9-12H2,(H,26,27,28). The molecular weight excluding hydrogens is 393 g/mol. The van der Waals surface area contributed by atoms with Gasteiger partial charge in [0.15, 0.2) is 0 Å². The molecular formula is C22H19F3N4O. The van der Waals surface area contributed by atoms with Crippen LogP contribution >= 0.6 is 0 Å². The highest BCUT2D eigenvalue weighted by atomic mass is 19.4. The highest BCUT2D eigenvalue weighted by Crippen LogP contribution is 2.32. The number of alkyl halides is 3. The van der Waals surface area contributed by atoms with Crippen LogP contribution in [0.2, 0.25) is 0 Å². The Kier molecular flexibility index (Phi) is 5.46. The second-order valence-electron chi connectivity index (χ2n) is 7.08. The van der Waals surface area contributed by atoms with Gasteiger partial charge in [-0.25, -0.2) is 4.98 Å². The van der Waals surface area contributed by atoms with Gasteiger partial charge in [-0.3, -0.25) is 0 Å². The molecule has 1 aliphatic heterocycles. The van der Waals surface area contributed by atoms with Gasteiger partial charge in [-0.15, -0.1) is 0 Å². The van der Waals surface area contributed by atoms with Gasteiger partial charge in [0, 0.05) is 30.4 Å². The number of nitrogens with zero attached hydrogens (tertiary/aromatic N) is 3. The van der Waals surface area contributed by atoms with Crippen molar-refractivity contribution in [2.24, 2.45) is 0 Å². The minimum atomic E-state index is -4.43. The zero-order chi connectivity index (χ0) is 21.1. The summed E-state index contributed by atoms with van der Waals surface area (Å²) >= 11 is 0. The smallest absolute Gasteiger partial charge is 0.393 e. The van der Waals surface area contributed by atoms with Crippen LogP contribution in [0.5, 0.6) is 0 Å². The highest BCUT2D eigenvalue weighted by molar-refractivity contribution is 5.66. The lowest BCUT2D eigenvalue weighted by Crippen LogP contribution is -2.36. The van der Waals surface area contributed by atoms with E-state index >= 15 is 0 Å². The van der Waals surface area contributed by atoms with Crippen molar-refractivity contribution < 1.29 is 18.3 Å². The summed E-state index contributed by atoms with van der Waals surface area (Å²) in [6.45, 7) is 1.27. The van der Waals surface area contributed by atoms with Crippen LogP contribution < -0.4 is 10.2 Å². The highest BCUT2D eigenvalue weighted by Gasteiger charge is 2.30. The summed E-state index contributed by atoms with van der Waals surface area (Å²) in [7, 11) is 0. The molecule has 2 N–H and O–H groups in total. The number of rotatable bonds is 4. The Labute approximate surface area is 172 Å². The minimum absolute atomic E-state index is 0.195. The molecule has 0 bridgehead atoms. The maximum absolute atomic E-state index is 13.0. The topological polar surface area (TPSA) is 61.3 Å². The molecule has 1 saturated heterocycles. The van der Waals surface area contributed by atoms with Gasteiger partial charge in [-0.2, -0.15) is 18.2 Å². The summed E-state index contributed by atoms with van der Waals surface area (Å²) in [4.78, 5) is 11.0. The van der Waals surface area contributed by atoms with E-state index < -0.39 is 11.7 Å². The van der Waals surface area contributed by atoms with Crippen molar-refractivity contribution in [3.8, 4) is 11.3 Å². The molecule has 0 amide bonds. The number of hydrogen-bond acceptors (Lipinski definition) is 5. The van der Waals surface area contributed by atoms with Crippen molar-refractivity contribution in [2.75, 3.05) is 23.3 Å². The molecule has 5 nitrogen and oxygen atoms in total. The van der Waals surface area contributed by atoms with Gasteiger partial charge in [0.25, 0.3) is 0 Å². The van der Waals surface area contributed by atoms with Crippen molar-refractivity contribution in [3.05, 3.63) is 66.2 Å². The van der Waals surface area contributed by atoms with Crippen LogP contribution in [0.3, 0.4) is 0 Å². The van der Waals surface area contributed by atoms with Crippen molar-refractivity contribution in [3.63, 3.8) is 0 Å². The third-order valence-electron chi connectivity index (χ3n) is 4.90. The Balaban J connectivity index is 1.69. The fraction of sp³-hybridized carbons (Fsp3) is 0.273. The maximum atomic E-state index is 13.0. The molecule has 2 heterocycles. The molecule has 0 aliphatic carbocycles. The molecule has 0 radical (unpaired) electrons. The number of anilines is 3. The third kappa shape index (κ3) is 4.63. The zero-order valence-electron chi connectivity index (χ0n) is 15.9. The van der Waals surface area contributed by atoms with Crippen molar-refractivity contribution >= 4 is 17.5 Å². The quantitative estimate of drug-likeness (QED) is 0.662. The van der Waals surface area contributed by atoms with Crippen LogP contribution in [0.4, 0.5) is 30.6 Å². The fourth-order valence-electron chi connectivity index (χ4n) is 3.30. The van der Waals surface area contributed by atoms with Gasteiger partial charge in [-0.1, -0.05) is 18.2 Å². The summed E-state index contributed by atoms with van der Waals surface area (Å²) in [6.07, 6.45) is -3.51. The van der Waals surface area contributed by atoms with Crippen LogP contribution in [0.1, 0.15) is 18.4 Å². The summed E-state index contributed by atoms with van der Waals surface area (Å²) in [5, 5.41) is 12.7. The Morgan fingerprint density at radius 2 is 1.87 bits per heavy atom. The number of aliphatic hydroxyl groups excluding tert-OH is 1. The Morgan fingerprint density at radius 3 is 2.57 bits per heavy atom. The number of hydrogen-bond donors (Lipinski definition) is 2.